The van der Waals surface area contributed by atoms with E-state index in [0.29, 0.717) is 50.4 Å². The summed E-state index contributed by atoms with van der Waals surface area (Å²) in [5, 5.41) is 15.5. The van der Waals surface area contributed by atoms with Crippen molar-refractivity contribution in [3.63, 3.8) is 0 Å². The van der Waals surface area contributed by atoms with Gasteiger partial charge in [0.1, 0.15) is 22.6 Å². The molecule has 1 heterocycles. The molecule has 3 rings (SSSR count). The Morgan fingerprint density at radius 3 is 2.55 bits per heavy atom. The van der Waals surface area contributed by atoms with E-state index in [4.69, 9.17) is 14.5 Å². The first kappa shape index (κ1) is 35.5. The molecule has 44 heavy (non-hydrogen) atoms. The Hall–Kier alpha value is -2.98. The summed E-state index contributed by atoms with van der Waals surface area (Å²) in [4.78, 5) is 46.2. The van der Waals surface area contributed by atoms with Crippen molar-refractivity contribution in [1.29, 1.82) is 0 Å². The lowest BCUT2D eigenvalue weighted by atomic mass is 9.80. The van der Waals surface area contributed by atoms with Gasteiger partial charge in [-0.2, -0.15) is 0 Å². The number of methoxy groups -OCH3 is 1. The number of amides is 2. The molecular weight excluding hydrogens is 578 g/mol. The van der Waals surface area contributed by atoms with Crippen molar-refractivity contribution < 1.29 is 29.0 Å². The van der Waals surface area contributed by atoms with Gasteiger partial charge in [-0.25, -0.2) is 4.98 Å². The average molecular weight is 630 g/mol. The Morgan fingerprint density at radius 1 is 1.16 bits per heavy atom. The highest BCUT2D eigenvalue weighted by molar-refractivity contribution is 7.09. The molecular formula is C34H51N3O6S. The van der Waals surface area contributed by atoms with Crippen LogP contribution >= 0.6 is 11.3 Å². The van der Waals surface area contributed by atoms with Crippen LogP contribution < -0.4 is 5.32 Å². The minimum absolute atomic E-state index is 0.0217. The largest absolute Gasteiger partial charge is 0.508 e. The number of ether oxygens (including phenoxy) is 2. The van der Waals surface area contributed by atoms with E-state index in [0.717, 1.165) is 35.4 Å². The lowest BCUT2D eigenvalue weighted by molar-refractivity contribution is -0.143. The molecule has 1 aliphatic rings. The van der Waals surface area contributed by atoms with E-state index in [-0.39, 0.29) is 41.7 Å². The first-order valence-electron chi connectivity index (χ1n) is 16.1. The Morgan fingerprint density at radius 2 is 1.91 bits per heavy atom. The zero-order valence-electron chi connectivity index (χ0n) is 27.4. The quantitative estimate of drug-likeness (QED) is 0.206. The molecule has 1 aliphatic carbocycles. The molecule has 2 amide bonds. The van der Waals surface area contributed by atoms with Gasteiger partial charge in [-0.1, -0.05) is 54.0 Å². The van der Waals surface area contributed by atoms with Gasteiger partial charge in [-0.3, -0.25) is 14.4 Å². The fourth-order valence-electron chi connectivity index (χ4n) is 5.88. The maximum absolute atomic E-state index is 13.4. The summed E-state index contributed by atoms with van der Waals surface area (Å²) in [7, 11) is 1.34. The van der Waals surface area contributed by atoms with Crippen LogP contribution in [0.15, 0.2) is 23.6 Å². The number of aromatic hydroxyl groups is 1. The van der Waals surface area contributed by atoms with E-state index >= 15 is 0 Å². The summed E-state index contributed by atoms with van der Waals surface area (Å²) >= 11 is 1.40. The van der Waals surface area contributed by atoms with E-state index in [2.05, 4.69) is 46.9 Å². The minimum Gasteiger partial charge on any atom is -0.508 e. The monoisotopic (exact) mass is 629 g/mol. The SMILES string of the molecule is CCCO[C@H](CC(C(C)C)N(CCC)C(=O)C[C@@H](C)CC)c1nc(C(=O)N[C@H]2Cc3ccc(O)cc3[C@H](C(=O)OC)C2)cs1. The van der Waals surface area contributed by atoms with E-state index in [1.807, 2.05) is 4.90 Å². The summed E-state index contributed by atoms with van der Waals surface area (Å²) in [6, 6.07) is 4.65. The molecule has 0 saturated carbocycles. The van der Waals surface area contributed by atoms with Crippen LogP contribution in [0, 0.1) is 11.8 Å². The highest BCUT2D eigenvalue weighted by atomic mass is 32.1. The maximum Gasteiger partial charge on any atom is 0.313 e. The molecule has 10 heteroatoms. The molecule has 244 valence electrons. The van der Waals surface area contributed by atoms with Gasteiger partial charge >= 0.3 is 5.97 Å². The number of carbonyl (C=O) groups excluding carboxylic acids is 3. The van der Waals surface area contributed by atoms with Crippen LogP contribution in [0.25, 0.3) is 0 Å². The number of phenols is 1. The summed E-state index contributed by atoms with van der Waals surface area (Å²) in [6.07, 6.45) is 4.37. The Bertz CT molecular complexity index is 1250. The van der Waals surface area contributed by atoms with Gasteiger partial charge in [0.2, 0.25) is 5.91 Å². The van der Waals surface area contributed by atoms with E-state index in [1.54, 1.807) is 23.6 Å². The van der Waals surface area contributed by atoms with Gasteiger partial charge in [-0.15, -0.1) is 11.3 Å². The van der Waals surface area contributed by atoms with Gasteiger partial charge in [-0.05, 0) is 60.8 Å². The third-order valence-corrected chi connectivity index (χ3v) is 9.43. The van der Waals surface area contributed by atoms with Crippen LogP contribution in [0.3, 0.4) is 0 Å². The first-order valence-corrected chi connectivity index (χ1v) is 17.0. The second-order valence-corrected chi connectivity index (χ2v) is 13.2. The van der Waals surface area contributed by atoms with Crippen LogP contribution in [0.4, 0.5) is 0 Å². The molecule has 2 N–H and O–H groups in total. The predicted octanol–water partition coefficient (Wildman–Crippen LogP) is 6.41. The van der Waals surface area contributed by atoms with Crippen molar-refractivity contribution in [2.75, 3.05) is 20.3 Å². The highest BCUT2D eigenvalue weighted by Gasteiger charge is 2.35. The second-order valence-electron chi connectivity index (χ2n) is 12.4. The molecule has 1 aromatic carbocycles. The molecule has 0 spiro atoms. The molecule has 0 radical (unpaired) electrons. The number of fused-ring (bicyclic) bond motifs is 1. The fourth-order valence-corrected chi connectivity index (χ4v) is 6.74. The number of esters is 1. The van der Waals surface area contributed by atoms with Crippen LogP contribution in [-0.4, -0.2) is 65.1 Å². The fraction of sp³-hybridized carbons (Fsp3) is 0.647. The van der Waals surface area contributed by atoms with Crippen molar-refractivity contribution >= 4 is 29.1 Å². The Kier molecular flexibility index (Phi) is 13.6. The molecule has 5 atom stereocenters. The van der Waals surface area contributed by atoms with Crippen LogP contribution in [0.5, 0.6) is 5.75 Å². The highest BCUT2D eigenvalue weighted by Crippen LogP contribution is 2.35. The average Bonchev–Trinajstić information content (AvgIpc) is 3.50. The van der Waals surface area contributed by atoms with Crippen molar-refractivity contribution in [2.45, 2.75) is 111 Å². The number of rotatable bonds is 16. The molecule has 9 nitrogen and oxygen atoms in total. The molecule has 0 saturated heterocycles. The van der Waals surface area contributed by atoms with Crippen LogP contribution in [-0.2, 0) is 25.5 Å². The number of thiazole rings is 1. The van der Waals surface area contributed by atoms with Gasteiger partial charge < -0.3 is 24.8 Å². The second kappa shape index (κ2) is 16.9. The Balaban J connectivity index is 1.79. The lowest BCUT2D eigenvalue weighted by Crippen LogP contribution is -2.45. The maximum atomic E-state index is 13.4. The molecule has 0 fully saturated rings. The number of nitrogens with zero attached hydrogens (tertiary/aromatic N) is 2. The number of benzene rings is 1. The molecule has 1 unspecified atom stereocenters. The van der Waals surface area contributed by atoms with E-state index in [1.165, 1.54) is 18.4 Å². The normalized spacial score (nSPS) is 18.3. The summed E-state index contributed by atoms with van der Waals surface area (Å²) < 4.78 is 11.3. The van der Waals surface area contributed by atoms with Gasteiger partial charge in [0.05, 0.1) is 13.0 Å². The van der Waals surface area contributed by atoms with Crippen molar-refractivity contribution in [2.24, 2.45) is 11.8 Å². The van der Waals surface area contributed by atoms with E-state index < -0.39 is 11.9 Å². The summed E-state index contributed by atoms with van der Waals surface area (Å²) in [5.74, 6) is -0.473. The molecule has 2 aromatic rings. The first-order chi connectivity index (χ1) is 21.0. The van der Waals surface area contributed by atoms with Crippen LogP contribution in [0.1, 0.15) is 119 Å². The molecule has 0 bridgehead atoms. The number of hydrogen-bond acceptors (Lipinski definition) is 8. The predicted molar refractivity (Wildman–Crippen MR) is 173 cm³/mol. The Labute approximate surface area is 266 Å². The van der Waals surface area contributed by atoms with Crippen molar-refractivity contribution in [3.8, 4) is 5.75 Å². The summed E-state index contributed by atoms with van der Waals surface area (Å²) in [6.45, 7) is 13.9. The number of hydrogen-bond donors (Lipinski definition) is 2. The molecule has 1 aromatic heterocycles. The smallest absolute Gasteiger partial charge is 0.313 e. The molecule has 0 aliphatic heterocycles. The lowest BCUT2D eigenvalue weighted by Gasteiger charge is -2.37. The number of aromatic nitrogens is 1. The van der Waals surface area contributed by atoms with E-state index in [9.17, 15) is 19.5 Å². The third kappa shape index (κ3) is 9.27. The summed E-state index contributed by atoms with van der Waals surface area (Å²) in [5.41, 5.74) is 1.93. The standard InChI is InChI=1S/C34H51N3O6S/c1-8-13-37(31(39)15-22(6)10-3)29(21(4)5)19-30(43-14-9-2)33-36-28(20-44-33)32(40)35-24-16-23-11-12-25(38)18-26(23)27(17-24)34(41)42-7/h11-12,18,20-22,24,27,29-30,38H,8-10,13-17,19H2,1-7H3,(H,35,40)/t22-,24-,27+,29?,30+/m0/s1. The van der Waals surface area contributed by atoms with Crippen LogP contribution in [0.2, 0.25) is 0 Å². The zero-order chi connectivity index (χ0) is 32.4. The van der Waals surface area contributed by atoms with Gasteiger partial charge in [0.15, 0.2) is 0 Å². The third-order valence-electron chi connectivity index (χ3n) is 8.50. The topological polar surface area (TPSA) is 118 Å². The van der Waals surface area contributed by atoms with Crippen molar-refractivity contribution in [1.82, 2.24) is 15.2 Å². The van der Waals surface area contributed by atoms with Gasteiger partial charge in [0, 0.05) is 43.5 Å². The zero-order valence-corrected chi connectivity index (χ0v) is 28.2. The minimum atomic E-state index is -0.582. The van der Waals surface area contributed by atoms with Gasteiger partial charge in [0.25, 0.3) is 5.91 Å². The number of nitrogens with one attached hydrogen (secondary N) is 1. The number of phenolic OH excluding ortho intramolecular Hbond substituents is 1. The number of carbonyl (C=O) groups is 3. The van der Waals surface area contributed by atoms with Crippen molar-refractivity contribution in [3.05, 3.63) is 45.4 Å².